The molecule has 0 aliphatic carbocycles. The van der Waals surface area contributed by atoms with Gasteiger partial charge in [-0.05, 0) is 68.8 Å². The minimum Gasteiger partial charge on any atom is -0.437 e. The van der Waals surface area contributed by atoms with E-state index in [4.69, 9.17) is 19.0 Å². The molecule has 7 aromatic carbocycles. The lowest BCUT2D eigenvalue weighted by Gasteiger charge is -2.31. The van der Waals surface area contributed by atoms with E-state index in [9.17, 15) is 0 Å². The van der Waals surface area contributed by atoms with Gasteiger partial charge in [-0.2, -0.15) is 0 Å². The fourth-order valence-electron chi connectivity index (χ4n) is 8.59. The lowest BCUT2D eigenvalue weighted by atomic mass is 10.1. The van der Waals surface area contributed by atoms with Crippen LogP contribution in [0.25, 0.3) is 0 Å². The van der Waals surface area contributed by atoms with Crippen LogP contribution >= 0.6 is 0 Å². The number of aryl methyl sites for hydroxylation is 3. The predicted molar refractivity (Wildman–Crippen MR) is 261 cm³/mol. The Morgan fingerprint density at radius 2 is 0.746 bits per heavy atom. The molecule has 3 aliphatic heterocycles. The monoisotopic (exact) mass is 866 g/mol. The van der Waals surface area contributed by atoms with Gasteiger partial charge in [0.05, 0.1) is 16.7 Å². The zero-order chi connectivity index (χ0) is 43.8. The number of ether oxygens (including phenoxy) is 3. The number of nitrogens with zero attached hydrogens (tertiary/aromatic N) is 3. The third-order valence-electron chi connectivity index (χ3n) is 12.1. The van der Waals surface area contributed by atoms with E-state index in [0.29, 0.717) is 20.2 Å². The van der Waals surface area contributed by atoms with Crippen molar-refractivity contribution in [2.45, 2.75) is 33.9 Å². The lowest BCUT2D eigenvalue weighted by molar-refractivity contribution is -0.794. The molecule has 3 aliphatic rings. The van der Waals surface area contributed by atoms with Crippen molar-refractivity contribution in [1.82, 2.24) is 0 Å². The standard InChI is InChI=1S/C27H24NOSi.C17H20NOSi.C10H12NO2/c1-22-12-11-13-23-20-28(21-29-27(22)23)30(24-14-5-2-6-15-24,25-16-7-3-8-17-25)26-18-9-4-10-19-26;1-14-8-7-9-15-12-18(13-19-17(14)15)20(2,3)16-10-5-4-6-11-16;1-8-4-3-5-9-6-11(12-2)7-13-10(8)9/h2-20H,21H2,1H3;4-12H,13H2,1-3H3;3-6H,7H2,1-2H3/q3*+1. The fourth-order valence-corrected chi connectivity index (χ4v) is 15.4. The van der Waals surface area contributed by atoms with E-state index in [0.717, 1.165) is 33.9 Å². The molecule has 9 heteroatoms. The molecule has 0 radical (unpaired) electrons. The molecule has 3 heterocycles. The summed E-state index contributed by atoms with van der Waals surface area (Å²) in [7, 11) is -2.64. The second kappa shape index (κ2) is 19.1. The Bertz CT molecular complexity index is 2680. The van der Waals surface area contributed by atoms with Crippen LogP contribution < -0.4 is 35.0 Å². The topological polar surface area (TPSA) is 45.9 Å². The normalized spacial score (nSPS) is 13.7. The molecule has 63 heavy (non-hydrogen) atoms. The van der Waals surface area contributed by atoms with Gasteiger partial charge in [-0.25, -0.2) is 0 Å². The van der Waals surface area contributed by atoms with Crippen molar-refractivity contribution in [1.29, 1.82) is 0 Å². The van der Waals surface area contributed by atoms with Crippen LogP contribution in [0.3, 0.4) is 0 Å². The highest BCUT2D eigenvalue weighted by Crippen LogP contribution is 2.27. The Kier molecular flexibility index (Phi) is 13.0. The Labute approximate surface area is 374 Å². The van der Waals surface area contributed by atoms with E-state index in [-0.39, 0.29) is 0 Å². The van der Waals surface area contributed by atoms with E-state index < -0.39 is 16.5 Å². The van der Waals surface area contributed by atoms with Crippen LogP contribution in [0.2, 0.25) is 13.1 Å². The summed E-state index contributed by atoms with van der Waals surface area (Å²) in [6, 6.07) is 62.3. The Morgan fingerprint density at radius 1 is 0.397 bits per heavy atom. The molecule has 0 unspecified atom stereocenters. The number of hydrogen-bond donors (Lipinski definition) is 0. The van der Waals surface area contributed by atoms with Gasteiger partial charge in [0.2, 0.25) is 6.21 Å². The molecule has 0 saturated carbocycles. The molecule has 0 fully saturated rings. The second-order valence-electron chi connectivity index (χ2n) is 16.5. The van der Waals surface area contributed by atoms with Gasteiger partial charge in [-0.3, -0.25) is 13.3 Å². The molecule has 0 aromatic heterocycles. The van der Waals surface area contributed by atoms with E-state index in [1.807, 2.05) is 31.3 Å². The molecule has 7 nitrogen and oxygen atoms in total. The van der Waals surface area contributed by atoms with Gasteiger partial charge in [0.25, 0.3) is 13.5 Å². The van der Waals surface area contributed by atoms with Gasteiger partial charge < -0.3 is 14.2 Å². The summed E-state index contributed by atoms with van der Waals surface area (Å²) in [6.07, 6.45) is 6.52. The van der Waals surface area contributed by atoms with Crippen LogP contribution in [0.4, 0.5) is 0 Å². The van der Waals surface area contributed by atoms with Gasteiger partial charge in [0.15, 0.2) is 12.4 Å². The molecule has 7 aromatic rings. The lowest BCUT2D eigenvalue weighted by Crippen LogP contribution is -2.75. The summed E-state index contributed by atoms with van der Waals surface area (Å²) in [5.41, 5.74) is 6.93. The molecule has 0 spiro atoms. The van der Waals surface area contributed by atoms with Crippen LogP contribution in [-0.2, 0) is 4.84 Å². The fraction of sp³-hybridized carbons (Fsp3) is 0.167. The first-order valence-electron chi connectivity index (χ1n) is 21.5. The Morgan fingerprint density at radius 3 is 1.16 bits per heavy atom. The van der Waals surface area contributed by atoms with E-state index >= 15 is 0 Å². The summed E-state index contributed by atoms with van der Waals surface area (Å²) in [6.45, 7) is 12.6. The van der Waals surface area contributed by atoms with Crippen LogP contribution in [0.5, 0.6) is 17.2 Å². The number of rotatable bonds is 7. The van der Waals surface area contributed by atoms with Crippen LogP contribution in [0.15, 0.2) is 176 Å². The summed E-state index contributed by atoms with van der Waals surface area (Å²) >= 11 is 0. The second-order valence-corrected chi connectivity index (χ2v) is 24.5. The number of benzene rings is 7. The zero-order valence-corrected chi connectivity index (χ0v) is 39.1. The molecule has 0 atom stereocenters. The largest absolute Gasteiger partial charge is 0.459 e. The Hall–Kier alpha value is -6.82. The maximum atomic E-state index is 6.37. The van der Waals surface area contributed by atoms with Crippen LogP contribution in [-0.4, -0.2) is 75.6 Å². The smallest absolute Gasteiger partial charge is 0.437 e. The highest BCUT2D eigenvalue weighted by molar-refractivity contribution is 7.06. The van der Waals surface area contributed by atoms with Crippen molar-refractivity contribution >= 4 is 55.9 Å². The molecule has 0 N–H and O–H groups in total. The molecule has 0 bridgehead atoms. The Balaban J connectivity index is 0.000000142. The first-order chi connectivity index (χ1) is 30.7. The quantitative estimate of drug-likeness (QED) is 0.0939. The summed E-state index contributed by atoms with van der Waals surface area (Å²) < 4.78 is 24.4. The third-order valence-corrected chi connectivity index (χ3v) is 20.1. The number of hydrogen-bond acceptors (Lipinski definition) is 4. The van der Waals surface area contributed by atoms with E-state index in [1.165, 1.54) is 37.4 Å². The minimum atomic E-state index is -2.56. The first kappa shape index (κ1) is 42.9. The molecular weight excluding hydrogens is 811 g/mol. The number of fused-ring (bicyclic) bond motifs is 3. The summed E-state index contributed by atoms with van der Waals surface area (Å²) in [5.74, 6) is 2.98. The summed E-state index contributed by atoms with van der Waals surface area (Å²) in [4.78, 5) is 5.04. The third kappa shape index (κ3) is 8.93. The van der Waals surface area contributed by atoms with Crippen LogP contribution in [0.1, 0.15) is 33.4 Å². The van der Waals surface area contributed by atoms with Gasteiger partial charge in [-0.1, -0.05) is 158 Å². The van der Waals surface area contributed by atoms with Gasteiger partial charge in [0, 0.05) is 25.5 Å². The number of hydroxylamine groups is 1. The van der Waals surface area contributed by atoms with E-state index in [1.54, 1.807) is 11.8 Å². The first-order valence-corrected chi connectivity index (χ1v) is 26.4. The van der Waals surface area contributed by atoms with Crippen LogP contribution in [0, 0.1) is 20.8 Å². The maximum Gasteiger partial charge on any atom is 0.459 e. The minimum absolute atomic E-state index is 0.453. The molecular formula is C54H56N3O4Si2+3. The number of para-hydroxylation sites is 3. The highest BCUT2D eigenvalue weighted by atomic mass is 28.3. The molecule has 0 saturated heterocycles. The van der Waals surface area contributed by atoms with E-state index in [2.05, 4.69) is 206 Å². The SMILES string of the molecule is CO[N+]1=Cc2cccc(C)c2OC1.Cc1cccc2c1OC[N+]([Si](C)(C)c1ccccc1)=C2.Cc1cccc2c1OC[N+]([Si](c1ccccc1)(c1ccccc1)c1ccccc1)=C2. The van der Waals surface area contributed by atoms with Crippen molar-refractivity contribution in [2.75, 3.05) is 27.3 Å². The summed E-state index contributed by atoms with van der Waals surface area (Å²) in [5, 5.41) is 5.46. The van der Waals surface area contributed by atoms with Crippen molar-refractivity contribution in [3.8, 4) is 17.2 Å². The van der Waals surface area contributed by atoms with Gasteiger partial charge in [-0.15, -0.1) is 0 Å². The van der Waals surface area contributed by atoms with Crippen molar-refractivity contribution in [3.63, 3.8) is 0 Å². The maximum absolute atomic E-state index is 6.37. The molecule has 10 rings (SSSR count). The molecule has 0 amide bonds. The van der Waals surface area contributed by atoms with Crippen molar-refractivity contribution in [2.24, 2.45) is 0 Å². The molecule has 316 valence electrons. The van der Waals surface area contributed by atoms with Crippen molar-refractivity contribution < 1.29 is 32.3 Å². The van der Waals surface area contributed by atoms with Crippen molar-refractivity contribution in [3.05, 3.63) is 209 Å². The average Bonchev–Trinajstić information content (AvgIpc) is 3.33. The highest BCUT2D eigenvalue weighted by Gasteiger charge is 2.54. The van der Waals surface area contributed by atoms with Gasteiger partial charge >= 0.3 is 23.2 Å². The van der Waals surface area contributed by atoms with Gasteiger partial charge in [0.1, 0.15) is 24.4 Å². The zero-order valence-electron chi connectivity index (χ0n) is 37.1. The average molecular weight is 867 g/mol. The predicted octanol–water partition coefficient (Wildman–Crippen LogP) is 7.67.